The largest absolute Gasteiger partial charge is 0.462 e. The fraction of sp³-hybridized carbons (Fsp3) is 0.659. The number of carbonyl (C=O) groups excluding carboxylic acids is 2. The molecule has 0 bridgehead atoms. The number of hydrogen-bond donors (Lipinski definition) is 4. The van der Waals surface area contributed by atoms with Gasteiger partial charge in [-0.3, -0.25) is 14.1 Å². The van der Waals surface area contributed by atoms with Gasteiger partial charge in [0.05, 0.1) is 6.61 Å². The van der Waals surface area contributed by atoms with E-state index in [1.807, 2.05) is 48.6 Å². The highest BCUT2D eigenvalue weighted by Crippen LogP contribution is 2.24. The molecule has 1 aliphatic heterocycles. The summed E-state index contributed by atoms with van der Waals surface area (Å²) in [6.45, 7) is 3.42. The highest BCUT2D eigenvalue weighted by atomic mass is 32.2. The Bertz CT molecular complexity index is 1290. The third kappa shape index (κ3) is 26.0. The fourth-order valence-electron chi connectivity index (χ4n) is 5.38. The number of hydrogen-bond acceptors (Lipinski definition) is 11. The third-order valence-electron chi connectivity index (χ3n) is 8.40. The molecule has 13 heteroatoms. The molecule has 0 aliphatic carbocycles. The second-order valence-corrected chi connectivity index (χ2v) is 14.8. The van der Waals surface area contributed by atoms with Crippen LogP contribution in [0, 0.1) is 0 Å². The van der Waals surface area contributed by atoms with Gasteiger partial charge in [0.25, 0.3) is 10.1 Å². The Labute approximate surface area is 323 Å². The van der Waals surface area contributed by atoms with E-state index in [4.69, 9.17) is 18.9 Å². The lowest BCUT2D eigenvalue weighted by Gasteiger charge is -2.40. The Morgan fingerprint density at radius 1 is 0.630 bits per heavy atom. The first-order valence-corrected chi connectivity index (χ1v) is 21.2. The SMILES string of the molecule is CC/C=C/C=C/C=C/CCCCCCCC(=O)OCC(CO[C@@H]1O[C@@H](CS(=O)(=O)O)[C@H](O)C(O)C1O)OC(=O)CCCCCCC/C=C/C=C/C=C/CC. The van der Waals surface area contributed by atoms with Crippen LogP contribution in [0.15, 0.2) is 72.9 Å². The summed E-state index contributed by atoms with van der Waals surface area (Å²) in [5, 5.41) is 30.8. The Kier molecular flexibility index (Phi) is 28.5. The number of carbonyl (C=O) groups is 2. The number of ether oxygens (including phenoxy) is 4. The van der Waals surface area contributed by atoms with Crippen molar-refractivity contribution in [1.82, 2.24) is 0 Å². The van der Waals surface area contributed by atoms with Gasteiger partial charge in [-0.15, -0.1) is 0 Å². The first-order valence-electron chi connectivity index (χ1n) is 19.6. The Morgan fingerprint density at radius 3 is 1.63 bits per heavy atom. The van der Waals surface area contributed by atoms with Crippen LogP contribution in [0.3, 0.4) is 0 Å². The summed E-state index contributed by atoms with van der Waals surface area (Å²) in [6, 6.07) is 0. The smallest absolute Gasteiger partial charge is 0.306 e. The second kappa shape index (κ2) is 31.3. The molecule has 54 heavy (non-hydrogen) atoms. The minimum atomic E-state index is -4.61. The van der Waals surface area contributed by atoms with Crippen molar-refractivity contribution in [2.24, 2.45) is 0 Å². The zero-order valence-electron chi connectivity index (χ0n) is 32.3. The van der Waals surface area contributed by atoms with Gasteiger partial charge < -0.3 is 34.3 Å². The van der Waals surface area contributed by atoms with Crippen LogP contribution in [0.2, 0.25) is 0 Å². The predicted molar refractivity (Wildman–Crippen MR) is 210 cm³/mol. The quantitative estimate of drug-likeness (QED) is 0.0260. The lowest BCUT2D eigenvalue weighted by molar-refractivity contribution is -0.297. The molecule has 0 spiro atoms. The van der Waals surface area contributed by atoms with E-state index in [2.05, 4.69) is 38.2 Å². The molecule has 0 saturated carbocycles. The monoisotopic (exact) mass is 782 g/mol. The molecule has 6 atom stereocenters. The lowest BCUT2D eigenvalue weighted by atomic mass is 10.00. The van der Waals surface area contributed by atoms with E-state index >= 15 is 0 Å². The van der Waals surface area contributed by atoms with Crippen LogP contribution in [-0.2, 0) is 38.7 Å². The van der Waals surface area contributed by atoms with Crippen molar-refractivity contribution in [3.63, 3.8) is 0 Å². The number of allylic oxidation sites excluding steroid dienone is 12. The number of aliphatic hydroxyl groups is 3. The molecule has 0 radical (unpaired) electrons. The van der Waals surface area contributed by atoms with Crippen molar-refractivity contribution < 1.29 is 56.8 Å². The summed E-state index contributed by atoms with van der Waals surface area (Å²) in [7, 11) is -4.61. The minimum Gasteiger partial charge on any atom is -0.462 e. The summed E-state index contributed by atoms with van der Waals surface area (Å²) in [5.74, 6) is -2.05. The molecule has 1 rings (SSSR count). The van der Waals surface area contributed by atoms with E-state index in [9.17, 15) is 37.9 Å². The summed E-state index contributed by atoms with van der Waals surface area (Å²) in [6.07, 6.45) is 28.2. The fourth-order valence-corrected chi connectivity index (χ4v) is 6.07. The van der Waals surface area contributed by atoms with Gasteiger partial charge in [0.2, 0.25) is 0 Å². The molecular weight excluding hydrogens is 717 g/mol. The van der Waals surface area contributed by atoms with Crippen molar-refractivity contribution in [2.45, 2.75) is 153 Å². The van der Waals surface area contributed by atoms with Gasteiger partial charge in [0.1, 0.15) is 36.8 Å². The van der Waals surface area contributed by atoms with E-state index in [1.165, 1.54) is 0 Å². The summed E-state index contributed by atoms with van der Waals surface area (Å²) < 4.78 is 53.8. The molecule has 0 amide bonds. The Balaban J connectivity index is 2.55. The summed E-state index contributed by atoms with van der Waals surface area (Å²) >= 11 is 0. The van der Waals surface area contributed by atoms with Crippen LogP contribution in [0.1, 0.15) is 117 Å². The number of unbranched alkanes of at least 4 members (excludes halogenated alkanes) is 10. The van der Waals surface area contributed by atoms with Crippen LogP contribution in [0.5, 0.6) is 0 Å². The Morgan fingerprint density at radius 2 is 1.11 bits per heavy atom. The number of rotatable bonds is 30. The van der Waals surface area contributed by atoms with Gasteiger partial charge in [-0.05, 0) is 51.4 Å². The molecule has 4 N–H and O–H groups in total. The van der Waals surface area contributed by atoms with Gasteiger partial charge in [0, 0.05) is 12.8 Å². The van der Waals surface area contributed by atoms with Crippen LogP contribution in [0.4, 0.5) is 0 Å². The highest BCUT2D eigenvalue weighted by molar-refractivity contribution is 7.85. The van der Waals surface area contributed by atoms with E-state index in [0.29, 0.717) is 12.8 Å². The molecule has 1 aliphatic rings. The standard InChI is InChI=1S/C41H66O12S/c1-3-5-7-9-11-13-15-17-19-21-23-25-27-29-36(42)50-31-34(32-51-41-40(46)39(45)38(44)35(53-41)33-54(47,48)49)52-37(43)30-28-26-24-22-20-18-16-14-12-10-8-6-4-2/h5-16,34-35,38-41,44-46H,3-4,17-33H2,1-2H3,(H,47,48,49)/b7-5+,8-6+,11-9+,12-10+,15-13+,16-14+/t34?,35-,38-,39?,40?,41+/m0/s1. The maximum Gasteiger partial charge on any atom is 0.306 e. The molecule has 308 valence electrons. The molecule has 1 saturated heterocycles. The van der Waals surface area contributed by atoms with Gasteiger partial charge in [-0.2, -0.15) is 8.42 Å². The molecular formula is C41H66O12S. The normalized spacial score (nSPS) is 21.8. The Hall–Kier alpha value is -2.91. The van der Waals surface area contributed by atoms with Gasteiger partial charge >= 0.3 is 11.9 Å². The lowest BCUT2D eigenvalue weighted by Crippen LogP contribution is -2.60. The van der Waals surface area contributed by atoms with E-state index in [1.54, 1.807) is 0 Å². The van der Waals surface area contributed by atoms with Crippen molar-refractivity contribution in [3.8, 4) is 0 Å². The number of esters is 2. The second-order valence-electron chi connectivity index (χ2n) is 13.3. The number of aliphatic hydroxyl groups excluding tert-OH is 3. The van der Waals surface area contributed by atoms with Crippen LogP contribution >= 0.6 is 0 Å². The minimum absolute atomic E-state index is 0.132. The van der Waals surface area contributed by atoms with Crippen LogP contribution < -0.4 is 0 Å². The molecule has 1 heterocycles. The van der Waals surface area contributed by atoms with Gasteiger partial charge in [-0.25, -0.2) is 0 Å². The molecule has 12 nitrogen and oxygen atoms in total. The first kappa shape index (κ1) is 49.1. The first-order chi connectivity index (χ1) is 26.0. The zero-order chi connectivity index (χ0) is 39.9. The average molecular weight is 783 g/mol. The van der Waals surface area contributed by atoms with E-state index in [0.717, 1.165) is 77.0 Å². The topological polar surface area (TPSA) is 186 Å². The van der Waals surface area contributed by atoms with Gasteiger partial charge in [0.15, 0.2) is 12.4 Å². The zero-order valence-corrected chi connectivity index (χ0v) is 33.1. The molecule has 0 aromatic rings. The third-order valence-corrected chi connectivity index (χ3v) is 9.15. The van der Waals surface area contributed by atoms with Crippen molar-refractivity contribution in [2.75, 3.05) is 19.0 Å². The maximum atomic E-state index is 12.7. The van der Waals surface area contributed by atoms with E-state index < -0.39 is 71.2 Å². The molecule has 0 aromatic carbocycles. The predicted octanol–water partition coefficient (Wildman–Crippen LogP) is 6.77. The molecule has 0 aromatic heterocycles. The van der Waals surface area contributed by atoms with Crippen LogP contribution in [-0.4, -0.2) is 96.0 Å². The maximum absolute atomic E-state index is 12.7. The van der Waals surface area contributed by atoms with Crippen molar-refractivity contribution in [3.05, 3.63) is 72.9 Å². The van der Waals surface area contributed by atoms with Crippen LogP contribution in [0.25, 0.3) is 0 Å². The van der Waals surface area contributed by atoms with Crippen molar-refractivity contribution in [1.29, 1.82) is 0 Å². The van der Waals surface area contributed by atoms with Crippen molar-refractivity contribution >= 4 is 22.1 Å². The summed E-state index contributed by atoms with van der Waals surface area (Å²) in [5.41, 5.74) is 0. The summed E-state index contributed by atoms with van der Waals surface area (Å²) in [4.78, 5) is 25.2. The molecule has 1 fully saturated rings. The van der Waals surface area contributed by atoms with Gasteiger partial charge in [-0.1, -0.05) is 125 Å². The van der Waals surface area contributed by atoms with E-state index in [-0.39, 0.29) is 19.4 Å². The molecule has 3 unspecified atom stereocenters. The highest BCUT2D eigenvalue weighted by Gasteiger charge is 2.46. The average Bonchev–Trinajstić information content (AvgIpc) is 3.13.